The zero-order chi connectivity index (χ0) is 13.4. The standard InChI is InChI=1S/C15H13BrN2O/c16-11-6-8-12(9-7-11)18-14(13(17)15(18)19)10-4-2-1-3-5-10/h1-9,13-14H,17H2. The summed E-state index contributed by atoms with van der Waals surface area (Å²) in [7, 11) is 0. The summed E-state index contributed by atoms with van der Waals surface area (Å²) in [4.78, 5) is 13.8. The molecule has 1 heterocycles. The Bertz CT molecular complexity index is 597. The maximum absolute atomic E-state index is 12.0. The topological polar surface area (TPSA) is 46.3 Å². The van der Waals surface area contributed by atoms with Crippen molar-refractivity contribution in [1.82, 2.24) is 0 Å². The fraction of sp³-hybridized carbons (Fsp3) is 0.133. The van der Waals surface area contributed by atoms with Crippen LogP contribution in [0.5, 0.6) is 0 Å². The molecule has 2 aromatic rings. The van der Waals surface area contributed by atoms with Crippen LogP contribution in [0.15, 0.2) is 59.1 Å². The highest BCUT2D eigenvalue weighted by molar-refractivity contribution is 9.10. The number of halogens is 1. The van der Waals surface area contributed by atoms with Gasteiger partial charge in [0.15, 0.2) is 0 Å². The van der Waals surface area contributed by atoms with Crippen molar-refractivity contribution in [3.8, 4) is 0 Å². The van der Waals surface area contributed by atoms with Gasteiger partial charge in [-0.15, -0.1) is 0 Å². The first-order valence-corrected chi connectivity index (χ1v) is 6.87. The van der Waals surface area contributed by atoms with Gasteiger partial charge in [0.2, 0.25) is 5.91 Å². The van der Waals surface area contributed by atoms with E-state index in [9.17, 15) is 4.79 Å². The molecule has 2 atom stereocenters. The first-order valence-electron chi connectivity index (χ1n) is 6.07. The predicted molar refractivity (Wildman–Crippen MR) is 78.8 cm³/mol. The van der Waals surface area contributed by atoms with Crippen LogP contribution in [0.2, 0.25) is 0 Å². The summed E-state index contributed by atoms with van der Waals surface area (Å²) < 4.78 is 0.991. The van der Waals surface area contributed by atoms with Gasteiger partial charge in [0.1, 0.15) is 6.04 Å². The van der Waals surface area contributed by atoms with Crippen LogP contribution in [0.3, 0.4) is 0 Å². The highest BCUT2D eigenvalue weighted by Gasteiger charge is 2.46. The molecule has 2 aromatic carbocycles. The van der Waals surface area contributed by atoms with Gasteiger partial charge in [-0.2, -0.15) is 0 Å². The lowest BCUT2D eigenvalue weighted by atomic mass is 9.88. The number of rotatable bonds is 2. The molecule has 0 spiro atoms. The second-order valence-electron chi connectivity index (χ2n) is 4.57. The number of anilines is 1. The number of carbonyl (C=O) groups is 1. The monoisotopic (exact) mass is 316 g/mol. The van der Waals surface area contributed by atoms with E-state index in [0.29, 0.717) is 0 Å². The highest BCUT2D eigenvalue weighted by Crippen LogP contribution is 2.38. The lowest BCUT2D eigenvalue weighted by Gasteiger charge is -2.45. The third kappa shape index (κ3) is 2.07. The van der Waals surface area contributed by atoms with E-state index in [1.165, 1.54) is 0 Å². The third-order valence-corrected chi connectivity index (χ3v) is 3.92. The molecule has 3 nitrogen and oxygen atoms in total. The second-order valence-corrected chi connectivity index (χ2v) is 5.48. The number of β-lactam (4-membered cyclic amide) rings is 1. The molecule has 0 aliphatic carbocycles. The first kappa shape index (κ1) is 12.4. The molecule has 3 rings (SSSR count). The van der Waals surface area contributed by atoms with Crippen molar-refractivity contribution in [3.05, 3.63) is 64.6 Å². The Hall–Kier alpha value is -1.65. The third-order valence-electron chi connectivity index (χ3n) is 3.39. The van der Waals surface area contributed by atoms with Gasteiger partial charge in [0.25, 0.3) is 0 Å². The highest BCUT2D eigenvalue weighted by atomic mass is 79.9. The molecule has 0 bridgehead atoms. The first-order chi connectivity index (χ1) is 9.18. The normalized spacial score (nSPS) is 22.2. The molecule has 19 heavy (non-hydrogen) atoms. The van der Waals surface area contributed by atoms with Gasteiger partial charge in [0.05, 0.1) is 6.04 Å². The van der Waals surface area contributed by atoms with Crippen molar-refractivity contribution < 1.29 is 4.79 Å². The number of amides is 1. The number of hydrogen-bond donors (Lipinski definition) is 1. The molecule has 1 aliphatic rings. The van der Waals surface area contributed by atoms with Gasteiger partial charge in [0, 0.05) is 10.2 Å². The molecule has 2 N–H and O–H groups in total. The largest absolute Gasteiger partial charge is 0.318 e. The summed E-state index contributed by atoms with van der Waals surface area (Å²) in [6, 6.07) is 17.1. The molecule has 1 saturated heterocycles. The van der Waals surface area contributed by atoms with E-state index in [0.717, 1.165) is 15.7 Å². The lowest BCUT2D eigenvalue weighted by molar-refractivity contribution is -0.126. The number of carbonyl (C=O) groups excluding carboxylic acids is 1. The van der Waals surface area contributed by atoms with Crippen molar-refractivity contribution >= 4 is 27.5 Å². The molecule has 96 valence electrons. The van der Waals surface area contributed by atoms with E-state index in [4.69, 9.17) is 5.73 Å². The summed E-state index contributed by atoms with van der Waals surface area (Å²) >= 11 is 3.39. The van der Waals surface area contributed by atoms with Crippen LogP contribution in [-0.4, -0.2) is 11.9 Å². The molecule has 4 heteroatoms. The Balaban J connectivity index is 1.96. The van der Waals surface area contributed by atoms with E-state index in [1.54, 1.807) is 4.90 Å². The van der Waals surface area contributed by atoms with Crippen LogP contribution in [0, 0.1) is 0 Å². The van der Waals surface area contributed by atoms with Gasteiger partial charge in [-0.1, -0.05) is 46.3 Å². The fourth-order valence-corrected chi connectivity index (χ4v) is 2.67. The van der Waals surface area contributed by atoms with Crippen LogP contribution in [0.4, 0.5) is 5.69 Å². The minimum absolute atomic E-state index is 0.0313. The van der Waals surface area contributed by atoms with Crippen LogP contribution < -0.4 is 10.6 Å². The molecule has 0 radical (unpaired) electrons. The summed E-state index contributed by atoms with van der Waals surface area (Å²) in [6.07, 6.45) is 0. The number of benzene rings is 2. The average Bonchev–Trinajstić information content (AvgIpc) is 2.46. The Morgan fingerprint density at radius 3 is 2.26 bits per heavy atom. The Kier molecular flexibility index (Phi) is 3.12. The van der Waals surface area contributed by atoms with Crippen molar-refractivity contribution in [2.75, 3.05) is 4.90 Å². The zero-order valence-electron chi connectivity index (χ0n) is 10.2. The number of nitrogens with zero attached hydrogens (tertiary/aromatic N) is 1. The Morgan fingerprint density at radius 1 is 1.00 bits per heavy atom. The molecule has 1 aliphatic heterocycles. The van der Waals surface area contributed by atoms with Gasteiger partial charge < -0.3 is 10.6 Å². The van der Waals surface area contributed by atoms with E-state index < -0.39 is 6.04 Å². The van der Waals surface area contributed by atoms with Crippen molar-refractivity contribution in [2.45, 2.75) is 12.1 Å². The SMILES string of the molecule is NC1C(=O)N(c2ccc(Br)cc2)C1c1ccccc1. The van der Waals surface area contributed by atoms with Gasteiger partial charge in [-0.05, 0) is 29.8 Å². The summed E-state index contributed by atoms with van der Waals surface area (Å²) in [5.74, 6) is -0.0313. The lowest BCUT2D eigenvalue weighted by Crippen LogP contribution is -2.63. The van der Waals surface area contributed by atoms with E-state index in [-0.39, 0.29) is 11.9 Å². The molecule has 1 fully saturated rings. The van der Waals surface area contributed by atoms with E-state index in [2.05, 4.69) is 15.9 Å². The molecule has 2 unspecified atom stereocenters. The Labute approximate surface area is 120 Å². The molecule has 0 saturated carbocycles. The van der Waals surface area contributed by atoms with Crippen LogP contribution in [-0.2, 0) is 4.79 Å². The fourth-order valence-electron chi connectivity index (χ4n) is 2.41. The second kappa shape index (κ2) is 4.79. The summed E-state index contributed by atoms with van der Waals surface area (Å²) in [5, 5.41) is 0. The van der Waals surface area contributed by atoms with Crippen molar-refractivity contribution in [1.29, 1.82) is 0 Å². The average molecular weight is 317 g/mol. The number of hydrogen-bond acceptors (Lipinski definition) is 2. The van der Waals surface area contributed by atoms with E-state index >= 15 is 0 Å². The molecular formula is C15H13BrN2O. The maximum Gasteiger partial charge on any atom is 0.247 e. The van der Waals surface area contributed by atoms with Crippen molar-refractivity contribution in [2.24, 2.45) is 5.73 Å². The molecule has 1 amide bonds. The summed E-state index contributed by atoms with van der Waals surface area (Å²) in [6.45, 7) is 0. The Morgan fingerprint density at radius 2 is 1.63 bits per heavy atom. The maximum atomic E-state index is 12.0. The minimum atomic E-state index is -0.453. The van der Waals surface area contributed by atoms with Crippen LogP contribution >= 0.6 is 15.9 Å². The van der Waals surface area contributed by atoms with Crippen molar-refractivity contribution in [3.63, 3.8) is 0 Å². The minimum Gasteiger partial charge on any atom is -0.318 e. The number of nitrogens with two attached hydrogens (primary N) is 1. The molecule has 0 aromatic heterocycles. The molecular weight excluding hydrogens is 304 g/mol. The van der Waals surface area contributed by atoms with Gasteiger partial charge >= 0.3 is 0 Å². The van der Waals surface area contributed by atoms with E-state index in [1.807, 2.05) is 54.6 Å². The predicted octanol–water partition coefficient (Wildman–Crippen LogP) is 2.86. The zero-order valence-corrected chi connectivity index (χ0v) is 11.7. The quantitative estimate of drug-likeness (QED) is 0.866. The van der Waals surface area contributed by atoms with Crippen LogP contribution in [0.1, 0.15) is 11.6 Å². The van der Waals surface area contributed by atoms with Gasteiger partial charge in [-0.25, -0.2) is 0 Å². The van der Waals surface area contributed by atoms with Gasteiger partial charge in [-0.3, -0.25) is 4.79 Å². The van der Waals surface area contributed by atoms with Crippen LogP contribution in [0.25, 0.3) is 0 Å². The smallest absolute Gasteiger partial charge is 0.247 e. The summed E-state index contributed by atoms with van der Waals surface area (Å²) in [5.41, 5.74) is 7.90.